The van der Waals surface area contributed by atoms with Gasteiger partial charge in [-0.15, -0.1) is 0 Å². The normalized spacial score (nSPS) is 13.4. The molecule has 0 atom stereocenters. The second-order valence-corrected chi connectivity index (χ2v) is 6.47. The minimum Gasteiger partial charge on any atom is -0.380 e. The lowest BCUT2D eigenvalue weighted by atomic mass is 9.93. The molecule has 0 aliphatic heterocycles. The van der Waals surface area contributed by atoms with Crippen molar-refractivity contribution in [1.29, 1.82) is 0 Å². The molecule has 0 saturated carbocycles. The zero-order chi connectivity index (χ0) is 15.4. The molecule has 112 valence electrons. The molecular weight excluding hydrogens is 280 g/mol. The Balaban J connectivity index is 1.95. The van der Waals surface area contributed by atoms with Crippen molar-refractivity contribution in [3.63, 3.8) is 0 Å². The van der Waals surface area contributed by atoms with Crippen LogP contribution in [0.1, 0.15) is 16.7 Å². The first-order chi connectivity index (χ1) is 11.4. The van der Waals surface area contributed by atoms with Crippen LogP contribution in [0, 0.1) is 0 Å². The molecule has 1 heteroatoms. The lowest BCUT2D eigenvalue weighted by Crippen LogP contribution is -1.93. The largest absolute Gasteiger partial charge is 0.380 e. The summed E-state index contributed by atoms with van der Waals surface area (Å²) in [6, 6.07) is 20.2. The molecule has 4 aromatic rings. The van der Waals surface area contributed by atoms with E-state index in [4.69, 9.17) is 4.74 Å². The Morgan fingerprint density at radius 3 is 2.52 bits per heavy atom. The highest BCUT2D eigenvalue weighted by atomic mass is 16.5. The fourth-order valence-corrected chi connectivity index (χ4v) is 4.28. The minimum atomic E-state index is 0.709. The summed E-state index contributed by atoms with van der Waals surface area (Å²) in [7, 11) is 1.78. The van der Waals surface area contributed by atoms with Crippen molar-refractivity contribution in [2.24, 2.45) is 0 Å². The zero-order valence-electron chi connectivity index (χ0n) is 13.2. The molecule has 0 saturated heterocycles. The van der Waals surface area contributed by atoms with Crippen LogP contribution in [0.15, 0.2) is 54.6 Å². The number of aryl methyl sites for hydroxylation is 2. The monoisotopic (exact) mass is 298 g/mol. The maximum Gasteiger partial charge on any atom is 0.0715 e. The molecule has 0 heterocycles. The predicted octanol–water partition coefficient (Wildman–Crippen LogP) is 5.39. The molecule has 0 fully saturated rings. The highest BCUT2D eigenvalue weighted by Crippen LogP contribution is 2.40. The quantitative estimate of drug-likeness (QED) is 0.356. The second-order valence-electron chi connectivity index (χ2n) is 6.47. The minimum absolute atomic E-state index is 0.709. The second kappa shape index (κ2) is 4.81. The molecule has 5 rings (SSSR count). The summed E-state index contributed by atoms with van der Waals surface area (Å²) in [5, 5.41) is 8.33. The van der Waals surface area contributed by atoms with Gasteiger partial charge < -0.3 is 4.74 Å². The first-order valence-electron chi connectivity index (χ1n) is 8.23. The van der Waals surface area contributed by atoms with E-state index in [-0.39, 0.29) is 0 Å². The predicted molar refractivity (Wildman–Crippen MR) is 97.1 cm³/mol. The van der Waals surface area contributed by atoms with Crippen LogP contribution in [-0.2, 0) is 24.2 Å². The number of rotatable bonds is 2. The van der Waals surface area contributed by atoms with Crippen LogP contribution < -0.4 is 0 Å². The van der Waals surface area contributed by atoms with Crippen molar-refractivity contribution in [3.05, 3.63) is 71.3 Å². The van der Waals surface area contributed by atoms with Gasteiger partial charge in [0.25, 0.3) is 0 Å². The Morgan fingerprint density at radius 1 is 0.783 bits per heavy atom. The highest BCUT2D eigenvalue weighted by molar-refractivity contribution is 6.15. The summed E-state index contributed by atoms with van der Waals surface area (Å²) in [6.07, 6.45) is 2.28. The summed E-state index contributed by atoms with van der Waals surface area (Å²) < 4.78 is 5.39. The Labute approximate surface area is 135 Å². The van der Waals surface area contributed by atoms with Crippen LogP contribution in [0.2, 0.25) is 0 Å². The third kappa shape index (κ3) is 1.77. The van der Waals surface area contributed by atoms with Gasteiger partial charge in [0.2, 0.25) is 0 Å². The van der Waals surface area contributed by atoms with Gasteiger partial charge in [-0.3, -0.25) is 0 Å². The Hall–Kier alpha value is -2.38. The van der Waals surface area contributed by atoms with Gasteiger partial charge in [0.05, 0.1) is 6.61 Å². The summed E-state index contributed by atoms with van der Waals surface area (Å²) in [5.41, 5.74) is 4.37. The molecule has 0 spiro atoms. The molecule has 23 heavy (non-hydrogen) atoms. The van der Waals surface area contributed by atoms with Crippen molar-refractivity contribution < 1.29 is 4.74 Å². The van der Waals surface area contributed by atoms with Crippen molar-refractivity contribution in [3.8, 4) is 0 Å². The molecule has 1 aliphatic carbocycles. The van der Waals surface area contributed by atoms with E-state index in [1.165, 1.54) is 49.0 Å². The van der Waals surface area contributed by atoms with E-state index in [0.29, 0.717) is 6.61 Å². The summed E-state index contributed by atoms with van der Waals surface area (Å²) in [5.74, 6) is 0. The van der Waals surface area contributed by atoms with E-state index in [0.717, 1.165) is 12.8 Å². The molecule has 0 aromatic heterocycles. The maximum absolute atomic E-state index is 5.39. The average molecular weight is 298 g/mol. The van der Waals surface area contributed by atoms with Gasteiger partial charge in [-0.1, -0.05) is 48.5 Å². The van der Waals surface area contributed by atoms with E-state index in [1.807, 2.05) is 0 Å². The van der Waals surface area contributed by atoms with Crippen LogP contribution in [0.5, 0.6) is 0 Å². The topological polar surface area (TPSA) is 9.23 Å². The SMILES string of the molecule is COCc1ccc2cc3c(ccc4ccccc43)c3c2c1CC3. The van der Waals surface area contributed by atoms with Crippen LogP contribution in [0.3, 0.4) is 0 Å². The summed E-state index contributed by atoms with van der Waals surface area (Å²) in [6.45, 7) is 0.709. The molecular formula is C22H18O. The van der Waals surface area contributed by atoms with Crippen molar-refractivity contribution in [1.82, 2.24) is 0 Å². The number of methoxy groups -OCH3 is 1. The smallest absolute Gasteiger partial charge is 0.0715 e. The van der Waals surface area contributed by atoms with Crippen LogP contribution >= 0.6 is 0 Å². The first-order valence-corrected chi connectivity index (χ1v) is 8.23. The van der Waals surface area contributed by atoms with Crippen molar-refractivity contribution >= 4 is 32.3 Å². The van der Waals surface area contributed by atoms with Gasteiger partial charge in [0.1, 0.15) is 0 Å². The number of benzene rings is 4. The maximum atomic E-state index is 5.39. The molecule has 0 unspecified atom stereocenters. The van der Waals surface area contributed by atoms with Crippen LogP contribution in [0.4, 0.5) is 0 Å². The summed E-state index contributed by atoms with van der Waals surface area (Å²) in [4.78, 5) is 0. The Morgan fingerprint density at radius 2 is 1.61 bits per heavy atom. The molecule has 0 bridgehead atoms. The van der Waals surface area contributed by atoms with E-state index in [1.54, 1.807) is 7.11 Å². The Bertz CT molecular complexity index is 1080. The lowest BCUT2D eigenvalue weighted by molar-refractivity contribution is 0.184. The van der Waals surface area contributed by atoms with E-state index in [2.05, 4.69) is 54.6 Å². The van der Waals surface area contributed by atoms with Crippen LogP contribution in [-0.4, -0.2) is 7.11 Å². The molecule has 0 N–H and O–H groups in total. The Kier molecular flexibility index (Phi) is 2.74. The number of hydrogen-bond donors (Lipinski definition) is 0. The van der Waals surface area contributed by atoms with Crippen molar-refractivity contribution in [2.45, 2.75) is 19.4 Å². The number of ether oxygens (including phenoxy) is 1. The van der Waals surface area contributed by atoms with Gasteiger partial charge in [0.15, 0.2) is 0 Å². The lowest BCUT2D eigenvalue weighted by Gasteiger charge is -2.12. The average Bonchev–Trinajstić information content (AvgIpc) is 3.04. The van der Waals surface area contributed by atoms with Gasteiger partial charge >= 0.3 is 0 Å². The van der Waals surface area contributed by atoms with Gasteiger partial charge in [-0.05, 0) is 67.9 Å². The van der Waals surface area contributed by atoms with Gasteiger partial charge in [0, 0.05) is 7.11 Å². The van der Waals surface area contributed by atoms with E-state index in [9.17, 15) is 0 Å². The van der Waals surface area contributed by atoms with E-state index < -0.39 is 0 Å². The summed E-state index contributed by atoms with van der Waals surface area (Å²) >= 11 is 0. The first kappa shape index (κ1) is 13.1. The van der Waals surface area contributed by atoms with Gasteiger partial charge in [-0.25, -0.2) is 0 Å². The third-order valence-electron chi connectivity index (χ3n) is 5.26. The molecule has 0 radical (unpaired) electrons. The number of fused-ring (bicyclic) bond motifs is 4. The molecule has 4 aromatic carbocycles. The van der Waals surface area contributed by atoms with Crippen LogP contribution in [0.25, 0.3) is 32.3 Å². The molecule has 0 amide bonds. The van der Waals surface area contributed by atoms with E-state index >= 15 is 0 Å². The molecule has 1 aliphatic rings. The molecule has 1 nitrogen and oxygen atoms in total. The highest BCUT2D eigenvalue weighted by Gasteiger charge is 2.20. The van der Waals surface area contributed by atoms with Crippen molar-refractivity contribution in [2.75, 3.05) is 7.11 Å². The standard InChI is InChI=1S/C22H18O/c1-23-13-16-7-6-15-12-21-17-5-3-2-4-14(17)8-9-19(21)20-11-10-18(16)22(15)20/h2-9,12H,10-11,13H2,1H3. The fourth-order valence-electron chi connectivity index (χ4n) is 4.28. The third-order valence-corrected chi connectivity index (χ3v) is 5.26. The zero-order valence-corrected chi connectivity index (χ0v) is 13.2. The van der Waals surface area contributed by atoms with Gasteiger partial charge in [-0.2, -0.15) is 0 Å². The fraction of sp³-hybridized carbons (Fsp3) is 0.182. The number of hydrogen-bond acceptors (Lipinski definition) is 1.